The first-order chi connectivity index (χ1) is 14.0. The summed E-state index contributed by atoms with van der Waals surface area (Å²) in [4.78, 5) is 24.3. The summed E-state index contributed by atoms with van der Waals surface area (Å²) in [5.74, 6) is 0. The van der Waals surface area contributed by atoms with Crippen LogP contribution in [0.1, 0.15) is 23.4 Å². The Kier molecular flexibility index (Phi) is 4.06. The Morgan fingerprint density at radius 3 is 2.69 bits per heavy atom. The minimum atomic E-state index is -0.108. The number of nitrogens with zero attached hydrogens (tertiary/aromatic N) is 6. The van der Waals surface area contributed by atoms with Crippen molar-refractivity contribution in [1.82, 2.24) is 28.9 Å². The monoisotopic (exact) mass is 386 g/mol. The quantitative estimate of drug-likeness (QED) is 0.530. The number of hydrogen-bond acceptors (Lipinski definition) is 5. The Balaban J connectivity index is 1.60. The van der Waals surface area contributed by atoms with E-state index in [9.17, 15) is 4.79 Å². The van der Waals surface area contributed by atoms with Gasteiger partial charge < -0.3 is 4.90 Å². The summed E-state index contributed by atoms with van der Waals surface area (Å²) in [6, 6.07) is 7.44. The van der Waals surface area contributed by atoms with Gasteiger partial charge >= 0.3 is 0 Å². The second-order valence-electron chi connectivity index (χ2n) is 7.69. The first-order valence-electron chi connectivity index (χ1n) is 9.73. The van der Waals surface area contributed by atoms with Gasteiger partial charge in [0.1, 0.15) is 11.3 Å². The minimum Gasteiger partial charge on any atom is -0.302 e. The molecule has 29 heavy (non-hydrogen) atoms. The highest BCUT2D eigenvalue weighted by Crippen LogP contribution is 2.23. The van der Waals surface area contributed by atoms with Crippen molar-refractivity contribution in [3.8, 4) is 11.4 Å². The van der Waals surface area contributed by atoms with E-state index in [0.29, 0.717) is 17.0 Å². The van der Waals surface area contributed by atoms with Crippen molar-refractivity contribution in [3.05, 3.63) is 70.0 Å². The smallest absolute Gasteiger partial charge is 0.258 e. The largest absolute Gasteiger partial charge is 0.302 e. The summed E-state index contributed by atoms with van der Waals surface area (Å²) in [7, 11) is 2.11. The lowest BCUT2D eigenvalue weighted by Gasteiger charge is -2.22. The molecular formula is C22H22N6O. The molecule has 0 aliphatic carbocycles. The van der Waals surface area contributed by atoms with Crippen molar-refractivity contribution in [1.29, 1.82) is 0 Å². The number of aryl methyl sites for hydroxylation is 2. The highest BCUT2D eigenvalue weighted by molar-refractivity contribution is 5.69. The third-order valence-electron chi connectivity index (χ3n) is 5.46. The van der Waals surface area contributed by atoms with Crippen molar-refractivity contribution < 1.29 is 0 Å². The standard InChI is InChI=1S/C22H22N6O/c1-14-12-28-20(15(2)23-14)10-19(25-28)18-11-22(29)27-13-17(4-5-21(27)24-18)16-6-8-26(3)9-7-16/h4-6,10-13H,7-9H2,1-3H3. The third-order valence-corrected chi connectivity index (χ3v) is 5.46. The SMILES string of the molecule is Cc1cn2nc(-c3cc(=O)n4cc(C5=CCN(C)CC5)ccc4n3)cc2c(C)n1. The summed E-state index contributed by atoms with van der Waals surface area (Å²) in [5, 5.41) is 4.60. The van der Waals surface area contributed by atoms with Crippen molar-refractivity contribution in [2.24, 2.45) is 0 Å². The number of fused-ring (bicyclic) bond motifs is 2. The lowest BCUT2D eigenvalue weighted by atomic mass is 10.0. The lowest BCUT2D eigenvalue weighted by molar-refractivity contribution is 0.370. The predicted octanol–water partition coefficient (Wildman–Crippen LogP) is 2.74. The van der Waals surface area contributed by atoms with Gasteiger partial charge in [-0.1, -0.05) is 6.08 Å². The maximum atomic E-state index is 12.8. The minimum absolute atomic E-state index is 0.108. The topological polar surface area (TPSA) is 67.8 Å². The molecule has 7 heteroatoms. The summed E-state index contributed by atoms with van der Waals surface area (Å²) in [6.45, 7) is 5.85. The van der Waals surface area contributed by atoms with E-state index in [4.69, 9.17) is 4.98 Å². The van der Waals surface area contributed by atoms with Gasteiger partial charge in [-0.15, -0.1) is 0 Å². The lowest BCUT2D eigenvalue weighted by Crippen LogP contribution is -2.24. The molecule has 0 saturated heterocycles. The Morgan fingerprint density at radius 2 is 1.90 bits per heavy atom. The Morgan fingerprint density at radius 1 is 1.03 bits per heavy atom. The van der Waals surface area contributed by atoms with Crippen LogP contribution in [-0.2, 0) is 0 Å². The van der Waals surface area contributed by atoms with Crippen molar-refractivity contribution in [2.45, 2.75) is 20.3 Å². The summed E-state index contributed by atoms with van der Waals surface area (Å²) < 4.78 is 3.41. The van der Waals surface area contributed by atoms with Gasteiger partial charge in [0.15, 0.2) is 0 Å². The average Bonchev–Trinajstić information content (AvgIpc) is 3.13. The number of rotatable bonds is 2. The van der Waals surface area contributed by atoms with Crippen LogP contribution in [0.15, 0.2) is 47.5 Å². The molecule has 7 nitrogen and oxygen atoms in total. The average molecular weight is 386 g/mol. The molecule has 4 aromatic heterocycles. The molecule has 0 spiro atoms. The highest BCUT2D eigenvalue weighted by Gasteiger charge is 2.13. The first kappa shape index (κ1) is 17.8. The molecule has 146 valence electrons. The molecule has 0 atom stereocenters. The van der Waals surface area contributed by atoms with E-state index in [2.05, 4.69) is 28.1 Å². The zero-order valence-electron chi connectivity index (χ0n) is 16.8. The second-order valence-corrected chi connectivity index (χ2v) is 7.69. The summed E-state index contributed by atoms with van der Waals surface area (Å²) >= 11 is 0. The van der Waals surface area contributed by atoms with E-state index in [1.807, 2.05) is 44.4 Å². The Bertz CT molecular complexity index is 1350. The molecular weight excluding hydrogens is 364 g/mol. The molecule has 1 aliphatic rings. The summed E-state index contributed by atoms with van der Waals surface area (Å²) in [6.07, 6.45) is 6.98. The number of hydrogen-bond donors (Lipinski definition) is 0. The maximum Gasteiger partial charge on any atom is 0.258 e. The van der Waals surface area contributed by atoms with Crippen LogP contribution in [0.2, 0.25) is 0 Å². The van der Waals surface area contributed by atoms with E-state index < -0.39 is 0 Å². The highest BCUT2D eigenvalue weighted by atomic mass is 16.1. The van der Waals surface area contributed by atoms with Crippen LogP contribution in [0.4, 0.5) is 0 Å². The van der Waals surface area contributed by atoms with Crippen LogP contribution in [0, 0.1) is 13.8 Å². The molecule has 0 bridgehead atoms. The van der Waals surface area contributed by atoms with E-state index in [1.165, 1.54) is 5.57 Å². The zero-order chi connectivity index (χ0) is 20.1. The molecule has 0 N–H and O–H groups in total. The second kappa shape index (κ2) is 6.63. The molecule has 0 fully saturated rings. The molecule has 5 rings (SSSR count). The Hall–Kier alpha value is -3.32. The van der Waals surface area contributed by atoms with Crippen LogP contribution in [0.5, 0.6) is 0 Å². The molecule has 1 aliphatic heterocycles. The fourth-order valence-electron chi connectivity index (χ4n) is 3.87. The number of likely N-dealkylation sites (N-methyl/N-ethyl adjacent to an activating group) is 1. The first-order valence-corrected chi connectivity index (χ1v) is 9.73. The van der Waals surface area contributed by atoms with Crippen LogP contribution < -0.4 is 5.56 Å². The molecule has 0 radical (unpaired) electrons. The van der Waals surface area contributed by atoms with Gasteiger partial charge in [-0.05, 0) is 56.7 Å². The van der Waals surface area contributed by atoms with E-state index in [-0.39, 0.29) is 5.56 Å². The van der Waals surface area contributed by atoms with Gasteiger partial charge in [-0.3, -0.25) is 14.2 Å². The molecule has 0 aromatic carbocycles. The van der Waals surface area contributed by atoms with Gasteiger partial charge in [0, 0.05) is 25.4 Å². The predicted molar refractivity (Wildman–Crippen MR) is 113 cm³/mol. The van der Waals surface area contributed by atoms with Gasteiger partial charge in [0.05, 0.1) is 28.8 Å². The normalized spacial score (nSPS) is 15.2. The van der Waals surface area contributed by atoms with Crippen molar-refractivity contribution >= 4 is 16.7 Å². The Labute approximate surface area is 168 Å². The molecule has 5 heterocycles. The molecule has 4 aromatic rings. The molecule has 0 saturated carbocycles. The van der Waals surface area contributed by atoms with Crippen LogP contribution in [0.3, 0.4) is 0 Å². The molecule has 0 unspecified atom stereocenters. The van der Waals surface area contributed by atoms with Crippen molar-refractivity contribution in [2.75, 3.05) is 20.1 Å². The van der Waals surface area contributed by atoms with Crippen LogP contribution >= 0.6 is 0 Å². The van der Waals surface area contributed by atoms with Gasteiger partial charge in [0.25, 0.3) is 5.56 Å². The summed E-state index contributed by atoms with van der Waals surface area (Å²) in [5.41, 5.74) is 6.81. The maximum absolute atomic E-state index is 12.8. The van der Waals surface area contributed by atoms with Crippen LogP contribution in [0.25, 0.3) is 28.1 Å². The van der Waals surface area contributed by atoms with E-state index in [0.717, 1.165) is 42.0 Å². The van der Waals surface area contributed by atoms with E-state index in [1.54, 1.807) is 15.0 Å². The number of aromatic nitrogens is 5. The third kappa shape index (κ3) is 3.13. The van der Waals surface area contributed by atoms with Crippen molar-refractivity contribution in [3.63, 3.8) is 0 Å². The van der Waals surface area contributed by atoms with Gasteiger partial charge in [-0.2, -0.15) is 5.10 Å². The molecule has 0 amide bonds. The fraction of sp³-hybridized carbons (Fsp3) is 0.273. The van der Waals surface area contributed by atoms with Crippen LogP contribution in [-0.4, -0.2) is 49.0 Å². The zero-order valence-corrected chi connectivity index (χ0v) is 16.8. The van der Waals surface area contributed by atoms with Gasteiger partial charge in [0.2, 0.25) is 0 Å². The van der Waals surface area contributed by atoms with Gasteiger partial charge in [-0.25, -0.2) is 9.50 Å². The fourth-order valence-corrected chi connectivity index (χ4v) is 3.87. The van der Waals surface area contributed by atoms with E-state index >= 15 is 0 Å². The number of pyridine rings is 1.